The average Bonchev–Trinajstić information content (AvgIpc) is 2.79. The number of benzene rings is 1. The van der Waals surface area contributed by atoms with E-state index in [9.17, 15) is 4.79 Å². The van der Waals surface area contributed by atoms with Gasteiger partial charge in [0.1, 0.15) is 17.0 Å². The molecule has 4 rings (SSSR count). The largest absolute Gasteiger partial charge is 0.497 e. The molecule has 1 aliphatic rings. The Labute approximate surface area is 168 Å². The van der Waals surface area contributed by atoms with E-state index in [-0.39, 0.29) is 11.8 Å². The fraction of sp³-hybridized carbons (Fsp3) is 0.333. The third kappa shape index (κ3) is 4.06. The zero-order valence-corrected chi connectivity index (χ0v) is 16.5. The summed E-state index contributed by atoms with van der Waals surface area (Å²) in [5.41, 5.74) is 2.96. The maximum atomic E-state index is 12.9. The van der Waals surface area contributed by atoms with Crippen molar-refractivity contribution in [2.24, 2.45) is 5.92 Å². The Balaban J connectivity index is 1.48. The van der Waals surface area contributed by atoms with E-state index in [2.05, 4.69) is 25.2 Å². The Morgan fingerprint density at radius 3 is 2.83 bits per heavy atom. The van der Waals surface area contributed by atoms with Crippen molar-refractivity contribution in [3.63, 3.8) is 0 Å². The van der Waals surface area contributed by atoms with Crippen molar-refractivity contribution in [2.75, 3.05) is 37.5 Å². The summed E-state index contributed by atoms with van der Waals surface area (Å²) in [6, 6.07) is 7.32. The maximum absolute atomic E-state index is 12.9. The molecular formula is C21H23N5O3. The van der Waals surface area contributed by atoms with E-state index in [4.69, 9.17) is 9.47 Å². The molecule has 2 aromatic heterocycles. The van der Waals surface area contributed by atoms with Gasteiger partial charge in [0, 0.05) is 31.5 Å². The smallest absolute Gasteiger partial charge is 0.229 e. The highest BCUT2D eigenvalue weighted by molar-refractivity contribution is 5.94. The average molecular weight is 393 g/mol. The lowest BCUT2D eigenvalue weighted by Crippen LogP contribution is -2.40. The number of carbonyl (C=O) groups excluding carboxylic acids is 1. The number of rotatable bonds is 5. The summed E-state index contributed by atoms with van der Waals surface area (Å²) in [5.74, 6) is 1.10. The molecule has 1 aliphatic heterocycles. The van der Waals surface area contributed by atoms with E-state index in [0.717, 1.165) is 30.6 Å². The number of hydrogen-bond donors (Lipinski definition) is 1. The standard InChI is InChI=1S/C21H23N5O3/c1-28-16-5-6-17(19(11-16)29-2)25-21(27)14-4-3-9-26(13-14)15-10-18-20(24-12-15)23-8-7-22-18/h5-8,10-12,14H,3-4,9,13H2,1-2H3,(H,25,27). The van der Waals surface area contributed by atoms with Crippen LogP contribution >= 0.6 is 0 Å². The number of ether oxygens (including phenoxy) is 2. The molecule has 0 saturated carbocycles. The highest BCUT2D eigenvalue weighted by Crippen LogP contribution is 2.31. The second-order valence-electron chi connectivity index (χ2n) is 6.93. The number of anilines is 2. The van der Waals surface area contributed by atoms with Gasteiger partial charge in [0.2, 0.25) is 5.91 Å². The predicted octanol–water partition coefficient (Wildman–Crippen LogP) is 2.90. The van der Waals surface area contributed by atoms with Gasteiger partial charge < -0.3 is 19.7 Å². The van der Waals surface area contributed by atoms with Gasteiger partial charge in [0.15, 0.2) is 5.65 Å². The first-order valence-electron chi connectivity index (χ1n) is 9.52. The maximum Gasteiger partial charge on any atom is 0.229 e. The number of aromatic nitrogens is 3. The molecule has 0 bridgehead atoms. The normalized spacial score (nSPS) is 16.5. The first-order valence-corrected chi connectivity index (χ1v) is 9.52. The van der Waals surface area contributed by atoms with Crippen molar-refractivity contribution in [1.29, 1.82) is 0 Å². The van der Waals surface area contributed by atoms with Gasteiger partial charge in [0.25, 0.3) is 0 Å². The molecule has 0 aliphatic carbocycles. The molecule has 8 nitrogen and oxygen atoms in total. The summed E-state index contributed by atoms with van der Waals surface area (Å²) in [5, 5.41) is 3.00. The Morgan fingerprint density at radius 1 is 1.14 bits per heavy atom. The molecule has 0 radical (unpaired) electrons. The summed E-state index contributed by atoms with van der Waals surface area (Å²) in [4.78, 5) is 28.0. The van der Waals surface area contributed by atoms with Crippen LogP contribution in [0.2, 0.25) is 0 Å². The van der Waals surface area contributed by atoms with Crippen molar-refractivity contribution in [1.82, 2.24) is 15.0 Å². The highest BCUT2D eigenvalue weighted by Gasteiger charge is 2.27. The summed E-state index contributed by atoms with van der Waals surface area (Å²) >= 11 is 0. The molecular weight excluding hydrogens is 370 g/mol. The molecule has 3 heterocycles. The van der Waals surface area contributed by atoms with Gasteiger partial charge in [-0.05, 0) is 31.0 Å². The highest BCUT2D eigenvalue weighted by atomic mass is 16.5. The van der Waals surface area contributed by atoms with E-state index >= 15 is 0 Å². The molecule has 8 heteroatoms. The van der Waals surface area contributed by atoms with Gasteiger partial charge >= 0.3 is 0 Å². The Hall–Kier alpha value is -3.42. The van der Waals surface area contributed by atoms with Gasteiger partial charge in [0.05, 0.1) is 37.7 Å². The Kier molecular flexibility index (Phi) is 5.41. The number of methoxy groups -OCH3 is 2. The van der Waals surface area contributed by atoms with Crippen molar-refractivity contribution >= 4 is 28.4 Å². The number of piperidine rings is 1. The van der Waals surface area contributed by atoms with Gasteiger partial charge in [-0.15, -0.1) is 0 Å². The summed E-state index contributed by atoms with van der Waals surface area (Å²) in [6.45, 7) is 1.50. The van der Waals surface area contributed by atoms with E-state index in [1.165, 1.54) is 0 Å². The topological polar surface area (TPSA) is 89.5 Å². The SMILES string of the molecule is COc1ccc(NC(=O)C2CCCN(c3cnc4nccnc4c3)C2)c(OC)c1. The number of pyridine rings is 1. The second-order valence-corrected chi connectivity index (χ2v) is 6.93. The lowest BCUT2D eigenvalue weighted by Gasteiger charge is -2.33. The molecule has 1 fully saturated rings. The fourth-order valence-electron chi connectivity index (χ4n) is 3.58. The molecule has 29 heavy (non-hydrogen) atoms. The van der Waals surface area contributed by atoms with Gasteiger partial charge in [-0.25, -0.2) is 9.97 Å². The van der Waals surface area contributed by atoms with Crippen LogP contribution in [0, 0.1) is 5.92 Å². The first kappa shape index (κ1) is 18.9. The zero-order valence-electron chi connectivity index (χ0n) is 16.5. The third-order valence-corrected chi connectivity index (χ3v) is 5.13. The van der Waals surface area contributed by atoms with Crippen LogP contribution in [0.25, 0.3) is 11.2 Å². The van der Waals surface area contributed by atoms with Crippen molar-refractivity contribution < 1.29 is 14.3 Å². The number of nitrogens with one attached hydrogen (secondary N) is 1. The molecule has 1 amide bonds. The van der Waals surface area contributed by atoms with E-state index in [1.54, 1.807) is 51.0 Å². The number of carbonyl (C=O) groups is 1. The van der Waals surface area contributed by atoms with Crippen molar-refractivity contribution in [2.45, 2.75) is 12.8 Å². The molecule has 1 unspecified atom stereocenters. The van der Waals surface area contributed by atoms with Crippen LogP contribution in [0.1, 0.15) is 12.8 Å². The zero-order chi connectivity index (χ0) is 20.2. The van der Waals surface area contributed by atoms with E-state index < -0.39 is 0 Å². The van der Waals surface area contributed by atoms with Crippen LogP contribution in [0.3, 0.4) is 0 Å². The van der Waals surface area contributed by atoms with Crippen LogP contribution in [-0.4, -0.2) is 48.2 Å². The number of nitrogens with zero attached hydrogens (tertiary/aromatic N) is 4. The lowest BCUT2D eigenvalue weighted by molar-refractivity contribution is -0.120. The molecule has 3 aromatic rings. The monoisotopic (exact) mass is 393 g/mol. The van der Waals surface area contributed by atoms with Crippen LogP contribution < -0.4 is 19.7 Å². The van der Waals surface area contributed by atoms with Gasteiger partial charge in [-0.2, -0.15) is 0 Å². The van der Waals surface area contributed by atoms with Gasteiger partial charge in [-0.1, -0.05) is 0 Å². The minimum absolute atomic E-state index is 0.0216. The minimum Gasteiger partial charge on any atom is -0.497 e. The third-order valence-electron chi connectivity index (χ3n) is 5.13. The predicted molar refractivity (Wildman–Crippen MR) is 110 cm³/mol. The number of hydrogen-bond acceptors (Lipinski definition) is 7. The quantitative estimate of drug-likeness (QED) is 0.713. The summed E-state index contributed by atoms with van der Waals surface area (Å²) < 4.78 is 10.6. The number of fused-ring (bicyclic) bond motifs is 1. The molecule has 1 saturated heterocycles. The molecule has 1 N–H and O–H groups in total. The minimum atomic E-state index is -0.131. The first-order chi connectivity index (χ1) is 14.2. The van der Waals surface area contributed by atoms with E-state index in [0.29, 0.717) is 29.4 Å². The van der Waals surface area contributed by atoms with Crippen LogP contribution in [-0.2, 0) is 4.79 Å². The number of amides is 1. The van der Waals surface area contributed by atoms with Crippen LogP contribution in [0.4, 0.5) is 11.4 Å². The van der Waals surface area contributed by atoms with Crippen molar-refractivity contribution in [3.8, 4) is 11.5 Å². The van der Waals surface area contributed by atoms with Crippen LogP contribution in [0.5, 0.6) is 11.5 Å². The molecule has 1 aromatic carbocycles. The summed E-state index contributed by atoms with van der Waals surface area (Å²) in [6.07, 6.45) is 6.84. The van der Waals surface area contributed by atoms with E-state index in [1.807, 2.05) is 6.07 Å². The molecule has 0 spiro atoms. The van der Waals surface area contributed by atoms with Crippen molar-refractivity contribution in [3.05, 3.63) is 42.9 Å². The molecule has 1 atom stereocenters. The van der Waals surface area contributed by atoms with Crippen LogP contribution in [0.15, 0.2) is 42.9 Å². The second kappa shape index (κ2) is 8.30. The van der Waals surface area contributed by atoms with Gasteiger partial charge in [-0.3, -0.25) is 9.78 Å². The lowest BCUT2D eigenvalue weighted by atomic mass is 9.96. The fourth-order valence-corrected chi connectivity index (χ4v) is 3.58. The summed E-state index contributed by atoms with van der Waals surface area (Å²) in [7, 11) is 3.17. The Morgan fingerprint density at radius 2 is 2.00 bits per heavy atom. The molecule has 150 valence electrons. The Bertz CT molecular complexity index is 1030.